The maximum Gasteiger partial charge on any atom is 0.389 e. The summed E-state index contributed by atoms with van der Waals surface area (Å²) in [6.45, 7) is 0. The first-order chi connectivity index (χ1) is 13.7. The maximum atomic E-state index is 13.1. The van der Waals surface area contributed by atoms with Crippen molar-refractivity contribution < 1.29 is 23.1 Å². The number of aromatic nitrogens is 3. The molecule has 1 unspecified atom stereocenters. The predicted molar refractivity (Wildman–Crippen MR) is 100 cm³/mol. The van der Waals surface area contributed by atoms with Crippen molar-refractivity contribution >= 4 is 17.4 Å². The van der Waals surface area contributed by atoms with Gasteiger partial charge in [0.05, 0.1) is 12.6 Å². The van der Waals surface area contributed by atoms with Gasteiger partial charge in [0.2, 0.25) is 0 Å². The average molecular weight is 404 g/mol. The third kappa shape index (κ3) is 3.76. The summed E-state index contributed by atoms with van der Waals surface area (Å²) in [5.41, 5.74) is 8.65. The summed E-state index contributed by atoms with van der Waals surface area (Å²) >= 11 is 0. The monoisotopic (exact) mass is 404 g/mol. The van der Waals surface area contributed by atoms with E-state index in [1.165, 1.54) is 4.52 Å². The summed E-state index contributed by atoms with van der Waals surface area (Å²) in [5, 5.41) is 13.3. The molecule has 1 aliphatic rings. The molecule has 1 aliphatic carbocycles. The van der Waals surface area contributed by atoms with Crippen LogP contribution in [-0.2, 0) is 17.6 Å². The molecule has 29 heavy (non-hydrogen) atoms. The number of nitrogens with two attached hydrogens (primary N) is 1. The Hall–Kier alpha value is -3.10. The second kappa shape index (κ2) is 6.75. The largest absolute Gasteiger partial charge is 0.481 e. The topological polar surface area (TPSA) is 93.5 Å². The highest BCUT2D eigenvalue weighted by Crippen LogP contribution is 2.46. The molecule has 3 aromatic rings. The first-order valence-corrected chi connectivity index (χ1v) is 9.15. The molecule has 0 radical (unpaired) electrons. The van der Waals surface area contributed by atoms with Gasteiger partial charge in [-0.15, -0.1) is 0 Å². The van der Waals surface area contributed by atoms with E-state index in [1.54, 1.807) is 30.6 Å². The summed E-state index contributed by atoms with van der Waals surface area (Å²) in [6, 6.07) is 7.18. The number of fused-ring (bicyclic) bond motifs is 2. The predicted octanol–water partition coefficient (Wildman–Crippen LogP) is 3.88. The maximum absolute atomic E-state index is 13.1. The Morgan fingerprint density at radius 3 is 2.79 bits per heavy atom. The number of hydrogen-bond acceptors (Lipinski definition) is 4. The van der Waals surface area contributed by atoms with Gasteiger partial charge in [0.25, 0.3) is 0 Å². The highest BCUT2D eigenvalue weighted by Gasteiger charge is 2.45. The van der Waals surface area contributed by atoms with Crippen molar-refractivity contribution in [2.45, 2.75) is 38.3 Å². The van der Waals surface area contributed by atoms with Crippen LogP contribution in [0.15, 0.2) is 36.7 Å². The van der Waals surface area contributed by atoms with Gasteiger partial charge >= 0.3 is 12.1 Å². The smallest absolute Gasteiger partial charge is 0.389 e. The Bertz CT molecular complexity index is 1090. The molecule has 6 nitrogen and oxygen atoms in total. The van der Waals surface area contributed by atoms with Crippen molar-refractivity contribution in [2.24, 2.45) is 5.41 Å². The number of halogens is 3. The Labute approximate surface area is 164 Å². The van der Waals surface area contributed by atoms with Gasteiger partial charge in [0.15, 0.2) is 5.65 Å². The molecule has 9 heteroatoms. The molecule has 3 N–H and O–H groups in total. The van der Waals surface area contributed by atoms with Gasteiger partial charge in [-0.2, -0.15) is 22.8 Å². The summed E-state index contributed by atoms with van der Waals surface area (Å²) in [7, 11) is 0. The zero-order valence-corrected chi connectivity index (χ0v) is 15.4. The van der Waals surface area contributed by atoms with Crippen LogP contribution in [-0.4, -0.2) is 31.9 Å². The van der Waals surface area contributed by atoms with E-state index in [0.29, 0.717) is 23.4 Å². The van der Waals surface area contributed by atoms with E-state index in [0.717, 1.165) is 16.7 Å². The first kappa shape index (κ1) is 19.2. The fourth-order valence-electron chi connectivity index (χ4n) is 4.31. The third-order valence-corrected chi connectivity index (χ3v) is 5.56. The summed E-state index contributed by atoms with van der Waals surface area (Å²) in [4.78, 5) is 15.6. The molecule has 1 aromatic carbocycles. The van der Waals surface area contributed by atoms with Crippen LogP contribution in [0.4, 0.5) is 19.0 Å². The van der Waals surface area contributed by atoms with Crippen molar-refractivity contribution in [2.75, 3.05) is 5.73 Å². The average Bonchev–Trinajstić information content (AvgIpc) is 3.09. The Morgan fingerprint density at radius 2 is 2.07 bits per heavy atom. The number of nitrogen functional groups attached to an aromatic ring is 1. The number of benzene rings is 1. The minimum Gasteiger partial charge on any atom is -0.481 e. The molecule has 4 rings (SSSR count). The molecule has 2 aromatic heterocycles. The standard InChI is InChI=1S/C20H19F3N4O2/c21-20(22,23)11-19(9-17(28)29)5-3-12-7-13(1-2-14(12)8-19)15-10-25-16-4-6-26-27(16)18(15)24/h1-2,4,6-7,10H,3,5,8-9,11,24H2,(H,28,29). The molecule has 0 saturated carbocycles. The van der Waals surface area contributed by atoms with Crippen molar-refractivity contribution in [3.63, 3.8) is 0 Å². The van der Waals surface area contributed by atoms with Crippen LogP contribution in [0, 0.1) is 5.41 Å². The molecule has 0 spiro atoms. The third-order valence-electron chi connectivity index (χ3n) is 5.56. The van der Waals surface area contributed by atoms with E-state index < -0.39 is 30.4 Å². The van der Waals surface area contributed by atoms with E-state index in [-0.39, 0.29) is 12.8 Å². The van der Waals surface area contributed by atoms with Crippen molar-refractivity contribution in [1.82, 2.24) is 14.6 Å². The number of anilines is 1. The second-order valence-electron chi connectivity index (χ2n) is 7.68. The van der Waals surface area contributed by atoms with Crippen LogP contribution in [0.3, 0.4) is 0 Å². The van der Waals surface area contributed by atoms with Gasteiger partial charge in [0, 0.05) is 24.2 Å². The quantitative estimate of drug-likeness (QED) is 0.688. The number of carbonyl (C=O) groups is 1. The van der Waals surface area contributed by atoms with Gasteiger partial charge in [-0.3, -0.25) is 4.79 Å². The number of aliphatic carboxylic acids is 1. The van der Waals surface area contributed by atoms with Gasteiger partial charge in [-0.05, 0) is 41.4 Å². The number of carboxylic acid groups (broad SMARTS) is 1. The minimum absolute atomic E-state index is 0.0837. The second-order valence-corrected chi connectivity index (χ2v) is 7.68. The van der Waals surface area contributed by atoms with Crippen LogP contribution in [0.2, 0.25) is 0 Å². The zero-order valence-electron chi connectivity index (χ0n) is 15.4. The number of nitrogens with zero attached hydrogens (tertiary/aromatic N) is 3. The lowest BCUT2D eigenvalue weighted by Gasteiger charge is -2.38. The first-order valence-electron chi connectivity index (χ1n) is 9.15. The number of hydrogen-bond donors (Lipinski definition) is 2. The SMILES string of the molecule is Nc1c(-c2ccc3c(c2)CCC(CC(=O)O)(CC(F)(F)F)C3)cnc2ccnn12. The number of alkyl halides is 3. The Kier molecular flexibility index (Phi) is 4.48. The number of carboxylic acids is 1. The highest BCUT2D eigenvalue weighted by molar-refractivity contribution is 5.75. The molecule has 2 heterocycles. The van der Waals surface area contributed by atoms with Gasteiger partial charge in [-0.1, -0.05) is 18.2 Å². The van der Waals surface area contributed by atoms with Crippen molar-refractivity contribution in [3.8, 4) is 11.1 Å². The van der Waals surface area contributed by atoms with E-state index in [9.17, 15) is 23.1 Å². The van der Waals surface area contributed by atoms with E-state index in [1.807, 2.05) is 6.07 Å². The van der Waals surface area contributed by atoms with E-state index in [4.69, 9.17) is 5.73 Å². The summed E-state index contributed by atoms with van der Waals surface area (Å²) < 4.78 is 40.9. The van der Waals surface area contributed by atoms with Crippen molar-refractivity contribution in [3.05, 3.63) is 47.8 Å². The molecular formula is C20H19F3N4O2. The van der Waals surface area contributed by atoms with Gasteiger partial charge < -0.3 is 10.8 Å². The molecule has 0 amide bonds. The fraction of sp³-hybridized carbons (Fsp3) is 0.350. The zero-order chi connectivity index (χ0) is 20.8. The number of rotatable bonds is 4. The Balaban J connectivity index is 1.68. The van der Waals surface area contributed by atoms with Crippen LogP contribution < -0.4 is 5.73 Å². The van der Waals surface area contributed by atoms with Crippen LogP contribution in [0.5, 0.6) is 0 Å². The van der Waals surface area contributed by atoms with Gasteiger partial charge in [0.1, 0.15) is 5.82 Å². The van der Waals surface area contributed by atoms with E-state index in [2.05, 4.69) is 10.1 Å². The molecule has 0 bridgehead atoms. The number of aryl methyl sites for hydroxylation is 1. The lowest BCUT2D eigenvalue weighted by atomic mass is 9.67. The fourth-order valence-corrected chi connectivity index (χ4v) is 4.31. The molecule has 152 valence electrons. The lowest BCUT2D eigenvalue weighted by molar-refractivity contribution is -0.166. The van der Waals surface area contributed by atoms with Crippen LogP contribution in [0.25, 0.3) is 16.8 Å². The molecule has 0 fully saturated rings. The molecule has 1 atom stereocenters. The normalized spacial score (nSPS) is 19.3. The summed E-state index contributed by atoms with van der Waals surface area (Å²) in [5.74, 6) is -0.784. The van der Waals surface area contributed by atoms with Crippen LogP contribution in [0.1, 0.15) is 30.4 Å². The lowest BCUT2D eigenvalue weighted by Crippen LogP contribution is -2.36. The summed E-state index contributed by atoms with van der Waals surface area (Å²) in [6.07, 6.45) is -2.13. The molecule has 0 saturated heterocycles. The van der Waals surface area contributed by atoms with Crippen molar-refractivity contribution in [1.29, 1.82) is 0 Å². The molecular weight excluding hydrogens is 385 g/mol. The van der Waals surface area contributed by atoms with Crippen LogP contribution >= 0.6 is 0 Å². The molecule has 0 aliphatic heterocycles. The van der Waals surface area contributed by atoms with E-state index >= 15 is 0 Å². The minimum atomic E-state index is -4.41. The van der Waals surface area contributed by atoms with Gasteiger partial charge in [-0.25, -0.2) is 4.98 Å². The Morgan fingerprint density at radius 1 is 1.28 bits per heavy atom. The highest BCUT2D eigenvalue weighted by atomic mass is 19.4.